The van der Waals surface area contributed by atoms with Crippen molar-refractivity contribution in [1.29, 1.82) is 0 Å². The van der Waals surface area contributed by atoms with Gasteiger partial charge in [0, 0.05) is 30.6 Å². The fourth-order valence-corrected chi connectivity index (χ4v) is 4.42. The quantitative estimate of drug-likeness (QED) is 0.556. The molecule has 2 aliphatic heterocycles. The highest BCUT2D eigenvalue weighted by atomic mass is 19.1. The zero-order valence-electron chi connectivity index (χ0n) is 18.5. The highest BCUT2D eigenvalue weighted by Gasteiger charge is 2.39. The molecule has 2 amide bonds. The Labute approximate surface area is 191 Å². The van der Waals surface area contributed by atoms with Crippen LogP contribution in [0, 0.1) is 12.7 Å². The van der Waals surface area contributed by atoms with E-state index < -0.39 is 12.0 Å². The number of likely N-dealkylation sites (tertiary alicyclic amines) is 1. The second-order valence-corrected chi connectivity index (χ2v) is 8.31. The summed E-state index contributed by atoms with van der Waals surface area (Å²) >= 11 is 0. The summed E-state index contributed by atoms with van der Waals surface area (Å²) in [6.45, 7) is 2.72. The van der Waals surface area contributed by atoms with Crippen LogP contribution in [0.5, 0.6) is 5.75 Å². The molecule has 0 bridgehead atoms. The van der Waals surface area contributed by atoms with E-state index in [0.29, 0.717) is 25.1 Å². The maximum Gasteiger partial charge on any atom is 0.407 e. The average Bonchev–Trinajstić information content (AvgIpc) is 2.81. The Kier molecular flexibility index (Phi) is 7.88. The molecule has 1 unspecified atom stereocenters. The van der Waals surface area contributed by atoms with Crippen LogP contribution in [-0.2, 0) is 11.2 Å². The second-order valence-electron chi connectivity index (χ2n) is 8.31. The van der Waals surface area contributed by atoms with Gasteiger partial charge in [-0.2, -0.15) is 0 Å². The first-order valence-corrected chi connectivity index (χ1v) is 10.9. The van der Waals surface area contributed by atoms with Gasteiger partial charge in [-0.1, -0.05) is 12.1 Å². The summed E-state index contributed by atoms with van der Waals surface area (Å²) in [7, 11) is 0. The number of carbonyl (C=O) groups is 2. The Balaban J connectivity index is 0.000000257. The van der Waals surface area contributed by atoms with Crippen LogP contribution in [0.4, 0.5) is 9.18 Å². The summed E-state index contributed by atoms with van der Waals surface area (Å²) in [4.78, 5) is 23.4. The van der Waals surface area contributed by atoms with E-state index in [1.807, 2.05) is 19.1 Å². The Hall–Kier alpha value is -3.17. The van der Waals surface area contributed by atoms with Crippen LogP contribution in [0.3, 0.4) is 0 Å². The van der Waals surface area contributed by atoms with Gasteiger partial charge in [-0.25, -0.2) is 9.18 Å². The second kappa shape index (κ2) is 10.6. The van der Waals surface area contributed by atoms with Gasteiger partial charge in [-0.05, 0) is 61.6 Å². The molecule has 8 nitrogen and oxygen atoms in total. The Morgan fingerprint density at radius 2 is 1.88 bits per heavy atom. The number of primary amides is 1. The summed E-state index contributed by atoms with van der Waals surface area (Å²) in [6, 6.07) is 8.72. The van der Waals surface area contributed by atoms with Gasteiger partial charge in [0.25, 0.3) is 0 Å². The lowest BCUT2D eigenvalue weighted by Gasteiger charge is -2.42. The van der Waals surface area contributed by atoms with Crippen molar-refractivity contribution in [3.63, 3.8) is 0 Å². The predicted molar refractivity (Wildman–Crippen MR) is 121 cm³/mol. The first kappa shape index (κ1) is 24.5. The van der Waals surface area contributed by atoms with Crippen molar-refractivity contribution in [1.82, 2.24) is 4.90 Å². The summed E-state index contributed by atoms with van der Waals surface area (Å²) in [5, 5.41) is 19.9. The number of carboxylic acid groups (broad SMARTS) is 1. The summed E-state index contributed by atoms with van der Waals surface area (Å²) < 4.78 is 18.3. The Bertz CT molecular complexity index is 998. The maximum atomic E-state index is 12.2. The fourth-order valence-electron chi connectivity index (χ4n) is 4.42. The number of nitrogens with two attached hydrogens (primary N) is 2. The molecule has 33 heavy (non-hydrogen) atoms. The molecule has 2 aromatic rings. The molecule has 1 fully saturated rings. The molecule has 9 heteroatoms. The number of halogens is 1. The van der Waals surface area contributed by atoms with E-state index in [1.165, 1.54) is 29.2 Å². The number of benzene rings is 2. The number of phenols is 1. The van der Waals surface area contributed by atoms with E-state index in [0.717, 1.165) is 36.0 Å². The molecule has 2 heterocycles. The number of amides is 2. The van der Waals surface area contributed by atoms with Crippen LogP contribution >= 0.6 is 0 Å². The number of piperidine rings is 1. The van der Waals surface area contributed by atoms with Gasteiger partial charge < -0.3 is 31.3 Å². The molecular weight excluding hydrogens is 429 g/mol. The van der Waals surface area contributed by atoms with E-state index in [-0.39, 0.29) is 29.8 Å². The Morgan fingerprint density at radius 1 is 1.18 bits per heavy atom. The van der Waals surface area contributed by atoms with Crippen molar-refractivity contribution in [2.45, 2.75) is 50.9 Å². The first-order valence-electron chi connectivity index (χ1n) is 10.9. The first-order chi connectivity index (χ1) is 15.7. The number of rotatable bonds is 3. The molecule has 178 valence electrons. The van der Waals surface area contributed by atoms with E-state index in [9.17, 15) is 24.2 Å². The number of aryl methyl sites for hydroxylation is 1. The minimum Gasteiger partial charge on any atom is -0.507 e. The van der Waals surface area contributed by atoms with Crippen LogP contribution < -0.4 is 11.5 Å². The van der Waals surface area contributed by atoms with E-state index >= 15 is 0 Å². The number of carbonyl (C=O) groups excluding carboxylic acids is 1. The van der Waals surface area contributed by atoms with E-state index in [2.05, 4.69) is 0 Å². The van der Waals surface area contributed by atoms with Gasteiger partial charge in [0.2, 0.25) is 5.91 Å². The van der Waals surface area contributed by atoms with Crippen molar-refractivity contribution in [2.75, 3.05) is 13.1 Å². The molecule has 4 rings (SSSR count). The highest BCUT2D eigenvalue weighted by molar-refractivity contribution is 5.92. The van der Waals surface area contributed by atoms with Crippen molar-refractivity contribution in [3.05, 3.63) is 64.5 Å². The van der Waals surface area contributed by atoms with Crippen LogP contribution in [-0.4, -0.2) is 52.3 Å². The number of ether oxygens (including phenoxy) is 1. The molecule has 2 aromatic carbocycles. The number of nitrogens with zero attached hydrogens (tertiary/aromatic N) is 1. The van der Waals surface area contributed by atoms with Crippen molar-refractivity contribution < 1.29 is 28.9 Å². The van der Waals surface area contributed by atoms with Crippen LogP contribution in [0.1, 0.15) is 52.4 Å². The molecule has 2 aliphatic rings. The SMILES string of the molecule is Cc1ccc2c(c1O)C[C@@H](C1CCCCN1C(=O)O)O[C@H]2CN.NC(=O)c1ccc(F)cc1. The number of aromatic hydroxyl groups is 1. The molecule has 0 aliphatic carbocycles. The minimum absolute atomic E-state index is 0.177. The normalized spacial score (nSPS) is 22.0. The molecule has 0 spiro atoms. The van der Waals surface area contributed by atoms with Gasteiger partial charge >= 0.3 is 6.09 Å². The average molecular weight is 460 g/mol. The minimum atomic E-state index is -0.901. The smallest absolute Gasteiger partial charge is 0.407 e. The Morgan fingerprint density at radius 3 is 2.48 bits per heavy atom. The van der Waals surface area contributed by atoms with Gasteiger partial charge in [-0.15, -0.1) is 0 Å². The zero-order chi connectivity index (χ0) is 24.1. The monoisotopic (exact) mass is 459 g/mol. The third kappa shape index (κ3) is 5.61. The summed E-state index contributed by atoms with van der Waals surface area (Å²) in [5.74, 6) is -0.628. The maximum absolute atomic E-state index is 12.2. The number of fused-ring (bicyclic) bond motifs is 1. The molecule has 6 N–H and O–H groups in total. The third-order valence-corrected chi connectivity index (χ3v) is 6.18. The fraction of sp³-hybridized carbons (Fsp3) is 0.417. The molecule has 0 saturated carbocycles. The number of phenolic OH excluding ortho intramolecular Hbond substituents is 1. The van der Waals surface area contributed by atoms with Gasteiger partial charge in [0.1, 0.15) is 11.6 Å². The van der Waals surface area contributed by atoms with Crippen LogP contribution in [0.15, 0.2) is 36.4 Å². The summed E-state index contributed by atoms with van der Waals surface area (Å²) in [6.07, 6.45) is 1.73. The van der Waals surface area contributed by atoms with Crippen molar-refractivity contribution >= 4 is 12.0 Å². The van der Waals surface area contributed by atoms with Crippen LogP contribution in [0.25, 0.3) is 0 Å². The highest BCUT2D eigenvalue weighted by Crippen LogP contribution is 2.39. The van der Waals surface area contributed by atoms with E-state index in [1.54, 1.807) is 0 Å². The zero-order valence-corrected chi connectivity index (χ0v) is 18.5. The molecule has 1 saturated heterocycles. The largest absolute Gasteiger partial charge is 0.507 e. The van der Waals surface area contributed by atoms with Gasteiger partial charge in [0.05, 0.1) is 18.2 Å². The van der Waals surface area contributed by atoms with Crippen LogP contribution in [0.2, 0.25) is 0 Å². The van der Waals surface area contributed by atoms with E-state index in [4.69, 9.17) is 16.2 Å². The number of hydrogen-bond acceptors (Lipinski definition) is 5. The molecule has 3 atom stereocenters. The van der Waals surface area contributed by atoms with Crippen molar-refractivity contribution in [3.8, 4) is 5.75 Å². The predicted octanol–water partition coefficient (Wildman–Crippen LogP) is 3.10. The summed E-state index contributed by atoms with van der Waals surface area (Å²) in [5.41, 5.74) is 13.7. The topological polar surface area (TPSA) is 139 Å². The number of hydrogen-bond donors (Lipinski definition) is 4. The molecular formula is C24H30FN3O5. The van der Waals surface area contributed by atoms with Gasteiger partial charge in [0.15, 0.2) is 0 Å². The third-order valence-electron chi connectivity index (χ3n) is 6.18. The lowest BCUT2D eigenvalue weighted by atomic mass is 9.86. The molecule has 0 radical (unpaired) electrons. The lowest BCUT2D eigenvalue weighted by Crippen LogP contribution is -2.52. The lowest BCUT2D eigenvalue weighted by molar-refractivity contribution is -0.0704. The molecule has 0 aromatic heterocycles. The van der Waals surface area contributed by atoms with Gasteiger partial charge in [-0.3, -0.25) is 4.79 Å². The standard InChI is InChI=1S/C17H24N2O4.C7H6FNO/c1-10-5-6-11-12(16(10)20)8-14(23-15(11)9-18)13-4-2-3-7-19(13)17(21)22;8-6-3-1-5(2-4-6)7(9)10/h5-6,13-15,20H,2-4,7-9,18H2,1H3,(H,21,22);1-4H,(H2,9,10)/t13?,14-,15-;/m0./s1. The van der Waals surface area contributed by atoms with Crippen molar-refractivity contribution in [2.24, 2.45) is 11.5 Å².